The summed E-state index contributed by atoms with van der Waals surface area (Å²) >= 11 is 0. The van der Waals surface area contributed by atoms with Crippen molar-refractivity contribution in [2.45, 2.75) is 31.2 Å². The van der Waals surface area contributed by atoms with E-state index in [2.05, 4.69) is 5.32 Å². The van der Waals surface area contributed by atoms with Crippen LogP contribution in [0.1, 0.15) is 19.3 Å². The molecular formula is C9H19ClF2N2O. The Morgan fingerprint density at radius 1 is 1.40 bits per heavy atom. The molecule has 6 heteroatoms. The zero-order valence-electron chi connectivity index (χ0n) is 8.68. The fourth-order valence-corrected chi connectivity index (χ4v) is 1.46. The molecular weight excluding hydrogens is 226 g/mol. The lowest BCUT2D eigenvalue weighted by Gasteiger charge is -2.38. The molecule has 0 aromatic heterocycles. The molecule has 1 fully saturated rings. The lowest BCUT2D eigenvalue weighted by Crippen LogP contribution is -2.54. The molecule has 0 spiro atoms. The third-order valence-corrected chi connectivity index (χ3v) is 2.49. The third-order valence-electron chi connectivity index (χ3n) is 2.49. The quantitative estimate of drug-likeness (QED) is 0.661. The van der Waals surface area contributed by atoms with Crippen LogP contribution in [-0.2, 0) is 4.74 Å². The molecule has 3 N–H and O–H groups in total. The molecule has 0 heterocycles. The van der Waals surface area contributed by atoms with E-state index in [-0.39, 0.29) is 17.9 Å². The van der Waals surface area contributed by atoms with Gasteiger partial charge in [-0.25, -0.2) is 8.78 Å². The molecule has 0 aromatic carbocycles. The van der Waals surface area contributed by atoms with Crippen LogP contribution in [0.25, 0.3) is 0 Å². The fourth-order valence-electron chi connectivity index (χ4n) is 1.46. The van der Waals surface area contributed by atoms with Crippen molar-refractivity contribution in [2.75, 3.05) is 26.3 Å². The summed E-state index contributed by atoms with van der Waals surface area (Å²) in [6.45, 7) is 1.19. The van der Waals surface area contributed by atoms with E-state index in [0.29, 0.717) is 13.2 Å². The molecule has 3 nitrogen and oxygen atoms in total. The van der Waals surface area contributed by atoms with Crippen molar-refractivity contribution in [3.05, 3.63) is 0 Å². The van der Waals surface area contributed by atoms with Gasteiger partial charge in [-0.1, -0.05) is 0 Å². The first-order valence-electron chi connectivity index (χ1n) is 4.98. The molecule has 15 heavy (non-hydrogen) atoms. The molecule has 0 atom stereocenters. The molecule has 1 aliphatic carbocycles. The summed E-state index contributed by atoms with van der Waals surface area (Å²) in [6, 6.07) is 0. The predicted octanol–water partition coefficient (Wildman–Crippen LogP) is 1.16. The Bertz CT molecular complexity index is 168. The van der Waals surface area contributed by atoms with Crippen LogP contribution in [0, 0.1) is 0 Å². The van der Waals surface area contributed by atoms with Crippen LogP contribution in [0.3, 0.4) is 0 Å². The van der Waals surface area contributed by atoms with Crippen molar-refractivity contribution in [1.82, 2.24) is 5.32 Å². The second-order valence-corrected chi connectivity index (χ2v) is 3.86. The zero-order valence-corrected chi connectivity index (χ0v) is 9.49. The van der Waals surface area contributed by atoms with Crippen molar-refractivity contribution < 1.29 is 13.5 Å². The summed E-state index contributed by atoms with van der Waals surface area (Å²) in [4.78, 5) is 0. The number of alkyl halides is 2. The Morgan fingerprint density at radius 3 is 2.53 bits per heavy atom. The van der Waals surface area contributed by atoms with Gasteiger partial charge in [-0.3, -0.25) is 0 Å². The Hall–Kier alpha value is 0.0300. The summed E-state index contributed by atoms with van der Waals surface area (Å²) in [6.07, 6.45) is 0.929. The highest BCUT2D eigenvalue weighted by Crippen LogP contribution is 2.27. The SMILES string of the molecule is Cl.NC1(CNCCOCC(F)F)CCC1. The van der Waals surface area contributed by atoms with Crippen LogP contribution in [0.5, 0.6) is 0 Å². The maximum Gasteiger partial charge on any atom is 0.261 e. The second-order valence-electron chi connectivity index (χ2n) is 3.86. The molecule has 0 aromatic rings. The Balaban J connectivity index is 0.00000196. The highest BCUT2D eigenvalue weighted by atomic mass is 35.5. The lowest BCUT2D eigenvalue weighted by atomic mass is 9.78. The van der Waals surface area contributed by atoms with Gasteiger partial charge >= 0.3 is 0 Å². The lowest BCUT2D eigenvalue weighted by molar-refractivity contribution is 0.0182. The van der Waals surface area contributed by atoms with Gasteiger partial charge in [0.1, 0.15) is 6.61 Å². The van der Waals surface area contributed by atoms with Crippen LogP contribution >= 0.6 is 12.4 Å². The molecule has 1 aliphatic rings. The minimum Gasteiger partial charge on any atom is -0.374 e. The Kier molecular flexibility index (Phi) is 7.34. The number of hydrogen-bond acceptors (Lipinski definition) is 3. The number of nitrogens with one attached hydrogen (secondary N) is 1. The average molecular weight is 245 g/mol. The minimum absolute atomic E-state index is 0. The van der Waals surface area contributed by atoms with Crippen LogP contribution in [-0.4, -0.2) is 38.3 Å². The van der Waals surface area contributed by atoms with Gasteiger partial charge in [0.15, 0.2) is 0 Å². The maximum absolute atomic E-state index is 11.6. The van der Waals surface area contributed by atoms with E-state index in [4.69, 9.17) is 10.5 Å². The molecule has 1 rings (SSSR count). The highest BCUT2D eigenvalue weighted by Gasteiger charge is 2.31. The van der Waals surface area contributed by atoms with Crippen LogP contribution in [0.15, 0.2) is 0 Å². The van der Waals surface area contributed by atoms with Gasteiger partial charge in [-0.2, -0.15) is 0 Å². The summed E-state index contributed by atoms with van der Waals surface area (Å²) < 4.78 is 28.0. The van der Waals surface area contributed by atoms with Crippen molar-refractivity contribution in [2.24, 2.45) is 5.73 Å². The maximum atomic E-state index is 11.6. The van der Waals surface area contributed by atoms with E-state index >= 15 is 0 Å². The summed E-state index contributed by atoms with van der Waals surface area (Å²) in [5.41, 5.74) is 5.89. The predicted molar refractivity (Wildman–Crippen MR) is 57.7 cm³/mol. The molecule has 0 unspecified atom stereocenters. The summed E-state index contributed by atoms with van der Waals surface area (Å²) in [7, 11) is 0. The standard InChI is InChI=1S/C9H18F2N2O.ClH/c10-8(11)6-14-5-4-13-7-9(12)2-1-3-9;/h8,13H,1-7,12H2;1H. The molecule has 92 valence electrons. The van der Waals surface area contributed by atoms with Gasteiger partial charge in [-0.05, 0) is 19.3 Å². The van der Waals surface area contributed by atoms with Gasteiger partial charge in [0.05, 0.1) is 6.61 Å². The van der Waals surface area contributed by atoms with Crippen molar-refractivity contribution in [3.8, 4) is 0 Å². The topological polar surface area (TPSA) is 47.3 Å². The Labute approximate surface area is 95.1 Å². The molecule has 0 radical (unpaired) electrons. The highest BCUT2D eigenvalue weighted by molar-refractivity contribution is 5.85. The largest absolute Gasteiger partial charge is 0.374 e. The van der Waals surface area contributed by atoms with E-state index < -0.39 is 13.0 Å². The third kappa shape index (κ3) is 6.25. The van der Waals surface area contributed by atoms with E-state index in [9.17, 15) is 8.78 Å². The monoisotopic (exact) mass is 244 g/mol. The first-order chi connectivity index (χ1) is 6.62. The minimum atomic E-state index is -2.37. The van der Waals surface area contributed by atoms with Crippen molar-refractivity contribution in [3.63, 3.8) is 0 Å². The molecule has 0 amide bonds. The second kappa shape index (κ2) is 7.33. The van der Waals surface area contributed by atoms with Crippen LogP contribution < -0.4 is 11.1 Å². The van der Waals surface area contributed by atoms with Crippen molar-refractivity contribution in [1.29, 1.82) is 0 Å². The number of halogens is 3. The molecule has 0 aliphatic heterocycles. The first-order valence-corrected chi connectivity index (χ1v) is 4.98. The summed E-state index contributed by atoms with van der Waals surface area (Å²) in [5, 5.41) is 3.11. The van der Waals surface area contributed by atoms with Gasteiger partial charge in [0.25, 0.3) is 6.43 Å². The number of hydrogen-bond donors (Lipinski definition) is 2. The van der Waals surface area contributed by atoms with Crippen molar-refractivity contribution >= 4 is 12.4 Å². The first kappa shape index (κ1) is 15.0. The summed E-state index contributed by atoms with van der Waals surface area (Å²) in [5.74, 6) is 0. The van der Waals surface area contributed by atoms with E-state index in [1.54, 1.807) is 0 Å². The molecule has 0 bridgehead atoms. The van der Waals surface area contributed by atoms with Gasteiger partial charge in [-0.15, -0.1) is 12.4 Å². The van der Waals surface area contributed by atoms with Gasteiger partial charge < -0.3 is 15.8 Å². The van der Waals surface area contributed by atoms with Crippen LogP contribution in [0.2, 0.25) is 0 Å². The zero-order chi connectivity index (χ0) is 10.4. The Morgan fingerprint density at radius 2 is 2.07 bits per heavy atom. The normalized spacial score (nSPS) is 18.4. The smallest absolute Gasteiger partial charge is 0.261 e. The molecule has 1 saturated carbocycles. The average Bonchev–Trinajstić information content (AvgIpc) is 2.07. The number of rotatable bonds is 7. The van der Waals surface area contributed by atoms with Crippen LogP contribution in [0.4, 0.5) is 8.78 Å². The van der Waals surface area contributed by atoms with E-state index in [1.807, 2.05) is 0 Å². The van der Waals surface area contributed by atoms with E-state index in [0.717, 1.165) is 19.4 Å². The van der Waals surface area contributed by atoms with E-state index in [1.165, 1.54) is 6.42 Å². The number of ether oxygens (including phenoxy) is 1. The van der Waals surface area contributed by atoms with Gasteiger partial charge in [0, 0.05) is 18.6 Å². The fraction of sp³-hybridized carbons (Fsp3) is 1.00. The molecule has 0 saturated heterocycles. The van der Waals surface area contributed by atoms with Gasteiger partial charge in [0.2, 0.25) is 0 Å². The number of nitrogens with two attached hydrogens (primary N) is 1.